The summed E-state index contributed by atoms with van der Waals surface area (Å²) in [6.07, 6.45) is 5.60. The number of rotatable bonds is 7. The van der Waals surface area contributed by atoms with Gasteiger partial charge in [0.25, 0.3) is 5.91 Å². The molecule has 3 N–H and O–H groups in total. The Morgan fingerprint density at radius 1 is 1.27 bits per heavy atom. The van der Waals surface area contributed by atoms with Crippen molar-refractivity contribution in [2.45, 2.75) is 62.7 Å². The lowest BCUT2D eigenvalue weighted by Gasteiger charge is -2.18. The normalized spacial score (nSPS) is 20.9. The minimum atomic E-state index is -0.849. The number of ether oxygens (including phenoxy) is 1. The molecule has 1 aliphatic carbocycles. The number of amides is 1. The van der Waals surface area contributed by atoms with Crippen LogP contribution in [0.2, 0.25) is 0 Å². The molecular formula is C22H27N3O4S. The molecule has 160 valence electrons. The number of aryl methyl sites for hydroxylation is 1. The summed E-state index contributed by atoms with van der Waals surface area (Å²) in [5.74, 6) is 2.22. The number of nitrogens with two attached hydrogens (primary N) is 1. The van der Waals surface area contributed by atoms with Gasteiger partial charge in [0.1, 0.15) is 29.9 Å². The molecule has 2 aromatic rings. The summed E-state index contributed by atoms with van der Waals surface area (Å²) < 4.78 is 11.6. The number of thioether (sulfide) groups is 1. The number of aromatic nitrogens is 1. The van der Waals surface area contributed by atoms with Crippen LogP contribution in [0.5, 0.6) is 5.75 Å². The van der Waals surface area contributed by atoms with Gasteiger partial charge >= 0.3 is 0 Å². The summed E-state index contributed by atoms with van der Waals surface area (Å²) in [5.41, 5.74) is 7.16. The Morgan fingerprint density at radius 3 is 2.67 bits per heavy atom. The first kappa shape index (κ1) is 20.9. The maximum absolute atomic E-state index is 11.7. The molecule has 1 aliphatic heterocycles. The van der Waals surface area contributed by atoms with Crippen molar-refractivity contribution in [2.24, 2.45) is 10.7 Å². The fourth-order valence-corrected chi connectivity index (χ4v) is 4.85. The Hall–Kier alpha value is -2.32. The van der Waals surface area contributed by atoms with Gasteiger partial charge in [-0.2, -0.15) is 4.99 Å². The lowest BCUT2D eigenvalue weighted by molar-refractivity contribution is -0.117. The minimum Gasteiger partial charge on any atom is -0.490 e. The lowest BCUT2D eigenvalue weighted by Crippen LogP contribution is -2.14. The van der Waals surface area contributed by atoms with E-state index in [0.29, 0.717) is 34.7 Å². The van der Waals surface area contributed by atoms with E-state index in [9.17, 15) is 9.90 Å². The third-order valence-electron chi connectivity index (χ3n) is 5.63. The van der Waals surface area contributed by atoms with Crippen molar-refractivity contribution in [3.05, 3.63) is 47.2 Å². The number of carbonyl (C=O) groups is 1. The zero-order valence-corrected chi connectivity index (χ0v) is 17.9. The van der Waals surface area contributed by atoms with Crippen LogP contribution in [0.25, 0.3) is 0 Å². The number of amidine groups is 1. The Kier molecular flexibility index (Phi) is 6.43. The van der Waals surface area contributed by atoms with Crippen molar-refractivity contribution in [3.63, 3.8) is 0 Å². The van der Waals surface area contributed by atoms with E-state index in [2.05, 4.69) is 9.98 Å². The zero-order chi connectivity index (χ0) is 21.1. The van der Waals surface area contributed by atoms with Crippen LogP contribution in [0.15, 0.2) is 33.7 Å². The SMILES string of the molecule is Cc1oc(C2CCCCC2)nc1C(O)COc1ccc(CC2SC(N)=NC2=O)cc1. The minimum absolute atomic E-state index is 0.0954. The molecule has 2 unspecified atom stereocenters. The third-order valence-corrected chi connectivity index (χ3v) is 6.62. The van der Waals surface area contributed by atoms with E-state index in [-0.39, 0.29) is 17.8 Å². The van der Waals surface area contributed by atoms with Gasteiger partial charge in [-0.1, -0.05) is 43.2 Å². The molecule has 0 radical (unpaired) electrons. The molecule has 4 rings (SSSR count). The van der Waals surface area contributed by atoms with Crippen LogP contribution in [0.4, 0.5) is 0 Å². The summed E-state index contributed by atoms with van der Waals surface area (Å²) >= 11 is 1.30. The zero-order valence-electron chi connectivity index (χ0n) is 17.0. The molecule has 2 aliphatic rings. The molecule has 1 aromatic carbocycles. The van der Waals surface area contributed by atoms with Crippen molar-refractivity contribution < 1.29 is 19.1 Å². The second-order valence-corrected chi connectivity index (χ2v) is 9.12. The molecule has 1 amide bonds. The average Bonchev–Trinajstić information content (AvgIpc) is 3.29. The third kappa shape index (κ3) is 4.87. The summed E-state index contributed by atoms with van der Waals surface area (Å²) in [4.78, 5) is 20.1. The van der Waals surface area contributed by atoms with E-state index >= 15 is 0 Å². The molecule has 2 heterocycles. The number of oxazole rings is 1. The fraction of sp³-hybridized carbons (Fsp3) is 0.500. The maximum Gasteiger partial charge on any atom is 0.261 e. The Labute approximate surface area is 180 Å². The van der Waals surface area contributed by atoms with Gasteiger partial charge in [-0.3, -0.25) is 4.79 Å². The highest BCUT2D eigenvalue weighted by Gasteiger charge is 2.27. The number of aliphatic hydroxyl groups excluding tert-OH is 1. The van der Waals surface area contributed by atoms with Crippen LogP contribution >= 0.6 is 11.8 Å². The van der Waals surface area contributed by atoms with E-state index in [1.165, 1.54) is 31.0 Å². The van der Waals surface area contributed by atoms with Crippen molar-refractivity contribution in [1.82, 2.24) is 4.98 Å². The van der Waals surface area contributed by atoms with E-state index in [1.54, 1.807) is 0 Å². The number of aliphatic hydroxyl groups is 1. The van der Waals surface area contributed by atoms with Crippen LogP contribution < -0.4 is 10.5 Å². The summed E-state index contributed by atoms with van der Waals surface area (Å²) in [6.45, 7) is 1.93. The molecule has 0 saturated heterocycles. The lowest BCUT2D eigenvalue weighted by atomic mass is 9.89. The number of hydrogen-bond acceptors (Lipinski definition) is 7. The first-order chi connectivity index (χ1) is 14.5. The quantitative estimate of drug-likeness (QED) is 0.691. The summed E-state index contributed by atoms with van der Waals surface area (Å²) in [7, 11) is 0. The monoisotopic (exact) mass is 429 g/mol. The number of hydrogen-bond donors (Lipinski definition) is 2. The van der Waals surface area contributed by atoms with E-state index < -0.39 is 6.10 Å². The van der Waals surface area contributed by atoms with Gasteiger partial charge in [-0.25, -0.2) is 4.98 Å². The molecule has 0 bridgehead atoms. The van der Waals surface area contributed by atoms with Crippen molar-refractivity contribution in [2.75, 3.05) is 6.61 Å². The highest BCUT2D eigenvalue weighted by molar-refractivity contribution is 8.15. The first-order valence-corrected chi connectivity index (χ1v) is 11.3. The van der Waals surface area contributed by atoms with Gasteiger partial charge in [0.15, 0.2) is 11.1 Å². The standard InChI is InChI=1S/C22H27N3O4S/c1-13-19(24-21(29-13)15-5-3-2-4-6-15)17(26)12-28-16-9-7-14(8-10-16)11-18-20(27)25-22(23)30-18/h7-10,15,17-18,26H,2-6,11-12H2,1H3,(H2,23,25,27). The van der Waals surface area contributed by atoms with Crippen molar-refractivity contribution in [3.8, 4) is 5.75 Å². The average molecular weight is 430 g/mol. The van der Waals surface area contributed by atoms with Gasteiger partial charge < -0.3 is 20.0 Å². The van der Waals surface area contributed by atoms with Gasteiger partial charge in [-0.05, 0) is 43.9 Å². The topological polar surface area (TPSA) is 111 Å². The smallest absolute Gasteiger partial charge is 0.261 e. The van der Waals surface area contributed by atoms with Gasteiger partial charge in [-0.15, -0.1) is 0 Å². The molecule has 8 heteroatoms. The first-order valence-electron chi connectivity index (χ1n) is 10.4. The predicted molar refractivity (Wildman–Crippen MR) is 116 cm³/mol. The Morgan fingerprint density at radius 2 is 2.00 bits per heavy atom. The summed E-state index contributed by atoms with van der Waals surface area (Å²) in [6, 6.07) is 7.48. The van der Waals surface area contributed by atoms with Crippen LogP contribution in [-0.2, 0) is 11.2 Å². The van der Waals surface area contributed by atoms with Gasteiger partial charge in [0.2, 0.25) is 0 Å². The molecule has 1 fully saturated rings. The molecule has 30 heavy (non-hydrogen) atoms. The Bertz CT molecular complexity index is 919. The Balaban J connectivity index is 1.31. The number of benzene rings is 1. The molecular weight excluding hydrogens is 402 g/mol. The second-order valence-electron chi connectivity index (χ2n) is 7.90. The highest BCUT2D eigenvalue weighted by Crippen LogP contribution is 2.34. The second kappa shape index (κ2) is 9.22. The molecule has 1 aromatic heterocycles. The number of carbonyl (C=O) groups excluding carboxylic acids is 1. The van der Waals surface area contributed by atoms with Gasteiger partial charge in [0.05, 0.1) is 5.25 Å². The maximum atomic E-state index is 11.7. The summed E-state index contributed by atoms with van der Waals surface area (Å²) in [5, 5.41) is 10.6. The van der Waals surface area contributed by atoms with Crippen LogP contribution in [0.3, 0.4) is 0 Å². The van der Waals surface area contributed by atoms with Crippen molar-refractivity contribution in [1.29, 1.82) is 0 Å². The molecule has 0 spiro atoms. The largest absolute Gasteiger partial charge is 0.490 e. The van der Waals surface area contributed by atoms with Gasteiger partial charge in [0, 0.05) is 5.92 Å². The number of aliphatic imine (C=N–C) groups is 1. The van der Waals surface area contributed by atoms with Crippen LogP contribution in [0.1, 0.15) is 67.0 Å². The van der Waals surface area contributed by atoms with Crippen molar-refractivity contribution >= 4 is 22.8 Å². The van der Waals surface area contributed by atoms with E-state index in [4.69, 9.17) is 14.9 Å². The van der Waals surface area contributed by atoms with Crippen LogP contribution in [-0.4, -0.2) is 33.0 Å². The fourth-order valence-electron chi connectivity index (χ4n) is 3.98. The predicted octanol–water partition coefficient (Wildman–Crippen LogP) is 3.64. The molecule has 7 nitrogen and oxygen atoms in total. The number of nitrogens with zero attached hydrogens (tertiary/aromatic N) is 2. The highest BCUT2D eigenvalue weighted by atomic mass is 32.2. The van der Waals surface area contributed by atoms with E-state index in [1.807, 2.05) is 31.2 Å². The van der Waals surface area contributed by atoms with Crippen LogP contribution in [0, 0.1) is 6.92 Å². The molecule has 1 saturated carbocycles. The molecule has 2 atom stereocenters. The van der Waals surface area contributed by atoms with E-state index in [0.717, 1.165) is 24.3 Å².